The van der Waals surface area contributed by atoms with E-state index in [9.17, 15) is 10.2 Å². The Balaban J connectivity index is 1.68. The lowest BCUT2D eigenvalue weighted by Gasteiger charge is -2.11. The van der Waals surface area contributed by atoms with Crippen LogP contribution in [0.4, 0.5) is 0 Å². The van der Waals surface area contributed by atoms with Gasteiger partial charge in [0.15, 0.2) is 0 Å². The Morgan fingerprint density at radius 3 is 1.51 bits per heavy atom. The predicted molar refractivity (Wildman–Crippen MR) is 149 cm³/mol. The predicted octanol–water partition coefficient (Wildman–Crippen LogP) is 7.37. The van der Waals surface area contributed by atoms with E-state index in [1.165, 1.54) is 11.1 Å². The molecule has 2 aromatic carbocycles. The summed E-state index contributed by atoms with van der Waals surface area (Å²) in [4.78, 5) is 9.68. The van der Waals surface area contributed by atoms with Crippen LogP contribution in [-0.2, 0) is 25.7 Å². The Bertz CT molecular complexity index is 944. The van der Waals surface area contributed by atoms with Gasteiger partial charge in [-0.2, -0.15) is 0 Å². The van der Waals surface area contributed by atoms with Crippen molar-refractivity contribution < 1.29 is 10.2 Å². The molecule has 2 aromatic rings. The molecule has 0 bridgehead atoms. The smallest absolute Gasteiger partial charge is 0.127 e. The summed E-state index contributed by atoms with van der Waals surface area (Å²) in [6, 6.07) is 8.90. The maximum Gasteiger partial charge on any atom is 0.127 e. The molecule has 190 valence electrons. The van der Waals surface area contributed by atoms with E-state index in [-0.39, 0.29) is 12.1 Å². The lowest BCUT2D eigenvalue weighted by Crippen LogP contribution is -2.04. The molecular weight excluding hydrogens is 432 g/mol. The van der Waals surface area contributed by atoms with Crippen molar-refractivity contribution in [1.82, 2.24) is 0 Å². The minimum atomic E-state index is 0.219. The van der Waals surface area contributed by atoms with Crippen molar-refractivity contribution in [2.75, 3.05) is 0 Å². The molecule has 0 spiro atoms. The second-order valence-corrected chi connectivity index (χ2v) is 9.98. The molecule has 2 unspecified atom stereocenters. The van der Waals surface area contributed by atoms with Crippen LogP contribution in [0.2, 0.25) is 0 Å². The SMILES string of the molecule is CCCCc1cc(C=NC2CCC(N=Cc3cc(CCCC)cc(CC)c3O)C2)c(O)c(CC)c1. The molecule has 1 aliphatic rings. The van der Waals surface area contributed by atoms with Gasteiger partial charge in [0.2, 0.25) is 0 Å². The largest absolute Gasteiger partial charge is 0.507 e. The van der Waals surface area contributed by atoms with Crippen LogP contribution in [0.25, 0.3) is 0 Å². The minimum Gasteiger partial charge on any atom is -0.507 e. The van der Waals surface area contributed by atoms with E-state index in [0.29, 0.717) is 11.5 Å². The zero-order chi connectivity index (χ0) is 25.2. The third-order valence-electron chi connectivity index (χ3n) is 7.18. The number of rotatable bonds is 12. The van der Waals surface area contributed by atoms with E-state index < -0.39 is 0 Å². The molecule has 0 aromatic heterocycles. The van der Waals surface area contributed by atoms with Crippen LogP contribution in [0.1, 0.15) is 106 Å². The average molecular weight is 477 g/mol. The highest BCUT2D eigenvalue weighted by Crippen LogP contribution is 2.29. The van der Waals surface area contributed by atoms with Crippen molar-refractivity contribution >= 4 is 12.4 Å². The highest BCUT2D eigenvalue weighted by Gasteiger charge is 2.23. The molecule has 4 nitrogen and oxygen atoms in total. The Labute approximate surface area is 212 Å². The fourth-order valence-corrected chi connectivity index (χ4v) is 4.94. The van der Waals surface area contributed by atoms with Gasteiger partial charge in [-0.25, -0.2) is 0 Å². The van der Waals surface area contributed by atoms with Gasteiger partial charge in [-0.1, -0.05) is 52.7 Å². The molecule has 2 atom stereocenters. The van der Waals surface area contributed by atoms with Crippen LogP contribution >= 0.6 is 0 Å². The van der Waals surface area contributed by atoms with E-state index in [2.05, 4.69) is 52.0 Å². The molecule has 2 N–H and O–H groups in total. The van der Waals surface area contributed by atoms with Crippen LogP contribution in [0.15, 0.2) is 34.3 Å². The van der Waals surface area contributed by atoms with E-state index in [4.69, 9.17) is 9.98 Å². The van der Waals surface area contributed by atoms with Gasteiger partial charge in [-0.05, 0) is 92.2 Å². The third-order valence-corrected chi connectivity index (χ3v) is 7.18. The number of aromatic hydroxyl groups is 2. The molecule has 0 radical (unpaired) electrons. The molecule has 35 heavy (non-hydrogen) atoms. The molecule has 0 saturated heterocycles. The number of aryl methyl sites for hydroxylation is 4. The first-order valence-electron chi connectivity index (χ1n) is 13.7. The molecule has 0 aliphatic heterocycles. The van der Waals surface area contributed by atoms with Crippen molar-refractivity contribution in [1.29, 1.82) is 0 Å². The summed E-state index contributed by atoms with van der Waals surface area (Å²) in [6.45, 7) is 8.57. The van der Waals surface area contributed by atoms with Gasteiger partial charge in [-0.3, -0.25) is 9.98 Å². The van der Waals surface area contributed by atoms with Gasteiger partial charge < -0.3 is 10.2 Å². The summed E-state index contributed by atoms with van der Waals surface area (Å²) in [5.74, 6) is 0.739. The first-order valence-corrected chi connectivity index (χ1v) is 13.7. The maximum atomic E-state index is 10.7. The van der Waals surface area contributed by atoms with Crippen molar-refractivity contribution in [3.05, 3.63) is 57.6 Å². The van der Waals surface area contributed by atoms with Gasteiger partial charge in [0.05, 0.1) is 12.1 Å². The summed E-state index contributed by atoms with van der Waals surface area (Å²) in [7, 11) is 0. The van der Waals surface area contributed by atoms with Crippen molar-refractivity contribution in [2.45, 2.75) is 110 Å². The number of phenolic OH excluding ortho intramolecular Hbond substituents is 2. The van der Waals surface area contributed by atoms with Crippen LogP contribution in [0.3, 0.4) is 0 Å². The monoisotopic (exact) mass is 476 g/mol. The topological polar surface area (TPSA) is 65.2 Å². The van der Waals surface area contributed by atoms with Crippen molar-refractivity contribution in [3.63, 3.8) is 0 Å². The number of phenols is 2. The first kappa shape index (κ1) is 27.0. The Kier molecular flexibility index (Phi) is 10.4. The zero-order valence-corrected chi connectivity index (χ0v) is 22.2. The normalized spacial score (nSPS) is 18.3. The van der Waals surface area contributed by atoms with Crippen LogP contribution in [0.5, 0.6) is 11.5 Å². The summed E-state index contributed by atoms with van der Waals surface area (Å²) < 4.78 is 0. The zero-order valence-electron chi connectivity index (χ0n) is 22.2. The van der Waals surface area contributed by atoms with Crippen molar-refractivity contribution in [2.24, 2.45) is 9.98 Å². The highest BCUT2D eigenvalue weighted by atomic mass is 16.3. The van der Waals surface area contributed by atoms with Crippen LogP contribution in [-0.4, -0.2) is 34.7 Å². The van der Waals surface area contributed by atoms with Gasteiger partial charge in [0.1, 0.15) is 11.5 Å². The molecule has 1 saturated carbocycles. The number of aliphatic imine (C=N–C) groups is 2. The second kappa shape index (κ2) is 13.5. The molecule has 4 heteroatoms. The third kappa shape index (κ3) is 7.43. The lowest BCUT2D eigenvalue weighted by atomic mass is 9.99. The summed E-state index contributed by atoms with van der Waals surface area (Å²) >= 11 is 0. The first-order chi connectivity index (χ1) is 17.0. The van der Waals surface area contributed by atoms with E-state index >= 15 is 0 Å². The second-order valence-electron chi connectivity index (χ2n) is 9.98. The van der Waals surface area contributed by atoms with Crippen molar-refractivity contribution in [3.8, 4) is 11.5 Å². The molecule has 0 heterocycles. The number of hydrogen-bond donors (Lipinski definition) is 2. The average Bonchev–Trinajstić information content (AvgIpc) is 3.33. The van der Waals surface area contributed by atoms with E-state index in [1.807, 2.05) is 12.4 Å². The van der Waals surface area contributed by atoms with Crippen LogP contribution < -0.4 is 0 Å². The van der Waals surface area contributed by atoms with Gasteiger partial charge >= 0.3 is 0 Å². The number of unbranched alkanes of at least 4 members (excludes halogenated alkanes) is 2. The standard InChI is InChI=1S/C31H44N2O2/c1-5-9-11-22-15-24(7-3)30(34)26(17-22)20-32-28-13-14-29(19-28)33-21-27-18-23(12-10-6-2)16-25(8-4)31(27)35/h15-18,20-21,28-29,34-35H,5-14,19H2,1-4H3. The van der Waals surface area contributed by atoms with E-state index in [0.717, 1.165) is 92.9 Å². The summed E-state index contributed by atoms with van der Waals surface area (Å²) in [5.41, 5.74) is 6.24. The number of nitrogens with zero attached hydrogens (tertiary/aromatic N) is 2. The Hall–Kier alpha value is -2.62. The number of benzene rings is 2. The fourth-order valence-electron chi connectivity index (χ4n) is 4.94. The molecule has 0 amide bonds. The molecule has 1 aliphatic carbocycles. The molecular formula is C31H44N2O2. The summed E-state index contributed by atoms with van der Waals surface area (Å²) in [6.07, 6.45) is 15.0. The van der Waals surface area contributed by atoms with E-state index in [1.54, 1.807) is 0 Å². The highest BCUT2D eigenvalue weighted by molar-refractivity contribution is 5.85. The Morgan fingerprint density at radius 1 is 0.714 bits per heavy atom. The maximum absolute atomic E-state index is 10.7. The lowest BCUT2D eigenvalue weighted by molar-refractivity contribution is 0.467. The number of hydrogen-bond acceptors (Lipinski definition) is 4. The molecule has 3 rings (SSSR count). The summed E-state index contributed by atoms with van der Waals surface area (Å²) in [5, 5.41) is 21.4. The minimum absolute atomic E-state index is 0.219. The fraction of sp³-hybridized carbons (Fsp3) is 0.548. The van der Waals surface area contributed by atoms with Gasteiger partial charge in [0, 0.05) is 23.6 Å². The molecule has 1 fully saturated rings. The Morgan fingerprint density at radius 2 is 1.14 bits per heavy atom. The van der Waals surface area contributed by atoms with Crippen LogP contribution in [0, 0.1) is 0 Å². The quantitative estimate of drug-likeness (QED) is 0.314. The van der Waals surface area contributed by atoms with Gasteiger partial charge in [-0.15, -0.1) is 0 Å². The van der Waals surface area contributed by atoms with Gasteiger partial charge in [0.25, 0.3) is 0 Å².